The van der Waals surface area contributed by atoms with Gasteiger partial charge in [-0.2, -0.15) is 0 Å². The molecule has 0 N–H and O–H groups in total. The van der Waals surface area contributed by atoms with E-state index in [9.17, 15) is 9.59 Å². The summed E-state index contributed by atoms with van der Waals surface area (Å²) >= 11 is 0. The van der Waals surface area contributed by atoms with Gasteiger partial charge in [-0.15, -0.1) is 0 Å². The molecule has 0 saturated carbocycles. The fourth-order valence-electron chi connectivity index (χ4n) is 3.79. The molecule has 2 fully saturated rings. The van der Waals surface area contributed by atoms with Gasteiger partial charge in [0.2, 0.25) is 12.7 Å². The lowest BCUT2D eigenvalue weighted by Crippen LogP contribution is -2.51. The highest BCUT2D eigenvalue weighted by Crippen LogP contribution is 2.32. The summed E-state index contributed by atoms with van der Waals surface area (Å²) in [5.74, 6) is 1.47. The lowest BCUT2D eigenvalue weighted by Gasteiger charge is -2.35. The Labute approximate surface area is 153 Å². The molecular weight excluding hydrogens is 334 g/mol. The van der Waals surface area contributed by atoms with E-state index in [4.69, 9.17) is 9.47 Å². The van der Waals surface area contributed by atoms with Crippen LogP contribution in [0.15, 0.2) is 18.2 Å². The molecule has 26 heavy (non-hydrogen) atoms. The van der Waals surface area contributed by atoms with Crippen LogP contribution in [0.5, 0.6) is 11.5 Å². The van der Waals surface area contributed by atoms with E-state index < -0.39 is 0 Å². The van der Waals surface area contributed by atoms with Crippen LogP contribution in [0, 0.1) is 0 Å². The predicted octanol–water partition coefficient (Wildman–Crippen LogP) is 1.19. The number of likely N-dealkylation sites (tertiary alicyclic amines) is 1. The third kappa shape index (κ3) is 3.62. The molecule has 1 aromatic rings. The quantitative estimate of drug-likeness (QED) is 0.808. The molecule has 0 atom stereocenters. The number of rotatable bonds is 4. The van der Waals surface area contributed by atoms with E-state index in [1.165, 1.54) is 12.8 Å². The zero-order chi connectivity index (χ0) is 17.9. The Morgan fingerprint density at radius 1 is 0.885 bits per heavy atom. The molecule has 2 saturated heterocycles. The molecule has 1 aromatic carbocycles. The Balaban J connectivity index is 1.27. The van der Waals surface area contributed by atoms with Crippen molar-refractivity contribution < 1.29 is 19.1 Å². The second kappa shape index (κ2) is 7.53. The maximum Gasteiger partial charge on any atom is 0.254 e. The van der Waals surface area contributed by atoms with Gasteiger partial charge < -0.3 is 24.2 Å². The van der Waals surface area contributed by atoms with Crippen molar-refractivity contribution in [3.63, 3.8) is 0 Å². The first-order valence-electron chi connectivity index (χ1n) is 9.40. The Hall–Kier alpha value is -2.28. The summed E-state index contributed by atoms with van der Waals surface area (Å²) in [6.07, 6.45) is 3.07. The Morgan fingerprint density at radius 3 is 2.35 bits per heavy atom. The Bertz CT molecular complexity index is 679. The van der Waals surface area contributed by atoms with Gasteiger partial charge >= 0.3 is 0 Å². The molecule has 0 unspecified atom stereocenters. The molecule has 0 aliphatic carbocycles. The first-order valence-corrected chi connectivity index (χ1v) is 9.40. The topological polar surface area (TPSA) is 62.3 Å². The highest BCUT2D eigenvalue weighted by molar-refractivity contribution is 5.95. The molecule has 0 spiro atoms. The van der Waals surface area contributed by atoms with Crippen molar-refractivity contribution >= 4 is 11.8 Å². The third-order valence-corrected chi connectivity index (χ3v) is 5.38. The van der Waals surface area contributed by atoms with Crippen molar-refractivity contribution in [3.8, 4) is 11.5 Å². The fraction of sp³-hybridized carbons (Fsp3) is 0.579. The number of carbonyl (C=O) groups is 2. The minimum absolute atomic E-state index is 0.0209. The number of piperazine rings is 1. The molecule has 0 radical (unpaired) electrons. The van der Waals surface area contributed by atoms with E-state index in [1.807, 2.05) is 9.80 Å². The zero-order valence-electron chi connectivity index (χ0n) is 15.0. The summed E-state index contributed by atoms with van der Waals surface area (Å²) in [5, 5.41) is 0. The van der Waals surface area contributed by atoms with Gasteiger partial charge in [0, 0.05) is 44.7 Å². The molecule has 3 heterocycles. The predicted molar refractivity (Wildman–Crippen MR) is 95.3 cm³/mol. The van der Waals surface area contributed by atoms with Crippen molar-refractivity contribution in [1.82, 2.24) is 14.7 Å². The van der Waals surface area contributed by atoms with E-state index >= 15 is 0 Å². The van der Waals surface area contributed by atoms with Crippen LogP contribution in [-0.4, -0.2) is 79.1 Å². The van der Waals surface area contributed by atoms with Crippen molar-refractivity contribution in [2.24, 2.45) is 0 Å². The normalized spacial score (nSPS) is 19.8. The molecule has 0 bridgehead atoms. The summed E-state index contributed by atoms with van der Waals surface area (Å²) < 4.78 is 10.6. The van der Waals surface area contributed by atoms with Crippen LogP contribution >= 0.6 is 0 Å². The number of amides is 2. The molecule has 7 heteroatoms. The second-order valence-electron chi connectivity index (χ2n) is 7.04. The summed E-state index contributed by atoms with van der Waals surface area (Å²) in [7, 11) is 0. The molecule has 140 valence electrons. The molecule has 3 aliphatic rings. The first-order chi connectivity index (χ1) is 12.7. The van der Waals surface area contributed by atoms with Crippen LogP contribution in [0.2, 0.25) is 0 Å². The summed E-state index contributed by atoms with van der Waals surface area (Å²) in [5.41, 5.74) is 0.600. The summed E-state index contributed by atoms with van der Waals surface area (Å²) in [4.78, 5) is 31.1. The lowest BCUT2D eigenvalue weighted by atomic mass is 10.1. The van der Waals surface area contributed by atoms with Crippen LogP contribution in [0.4, 0.5) is 0 Å². The largest absolute Gasteiger partial charge is 0.454 e. The molecule has 0 aromatic heterocycles. The Morgan fingerprint density at radius 2 is 1.58 bits per heavy atom. The highest BCUT2D eigenvalue weighted by Gasteiger charge is 2.26. The van der Waals surface area contributed by atoms with Gasteiger partial charge in [-0.25, -0.2) is 0 Å². The van der Waals surface area contributed by atoms with Gasteiger partial charge in [-0.05, 0) is 44.1 Å². The lowest BCUT2D eigenvalue weighted by molar-refractivity contribution is -0.133. The van der Waals surface area contributed by atoms with E-state index in [2.05, 4.69) is 4.90 Å². The third-order valence-electron chi connectivity index (χ3n) is 5.38. The van der Waals surface area contributed by atoms with E-state index in [0.29, 0.717) is 49.7 Å². The molecule has 4 rings (SSSR count). The van der Waals surface area contributed by atoms with Crippen molar-refractivity contribution in [2.75, 3.05) is 52.6 Å². The van der Waals surface area contributed by atoms with Crippen LogP contribution < -0.4 is 9.47 Å². The minimum Gasteiger partial charge on any atom is -0.454 e. The van der Waals surface area contributed by atoms with E-state index in [1.54, 1.807) is 18.2 Å². The molecule has 3 aliphatic heterocycles. The standard InChI is InChI=1S/C19H25N3O4/c23-18(5-8-20-6-1-2-7-20)21-9-11-22(12-10-21)19(24)15-3-4-16-17(13-15)26-14-25-16/h3-4,13H,1-2,5-12,14H2. The molecule has 2 amide bonds. The highest BCUT2D eigenvalue weighted by atomic mass is 16.7. The van der Waals surface area contributed by atoms with Crippen molar-refractivity contribution in [3.05, 3.63) is 23.8 Å². The number of ether oxygens (including phenoxy) is 2. The smallest absolute Gasteiger partial charge is 0.254 e. The maximum absolute atomic E-state index is 12.7. The van der Waals surface area contributed by atoms with Gasteiger partial charge in [0.25, 0.3) is 5.91 Å². The number of benzene rings is 1. The number of carbonyl (C=O) groups excluding carboxylic acids is 2. The molecular formula is C19H25N3O4. The van der Waals surface area contributed by atoms with E-state index in [-0.39, 0.29) is 18.6 Å². The monoisotopic (exact) mass is 359 g/mol. The number of hydrogen-bond acceptors (Lipinski definition) is 5. The maximum atomic E-state index is 12.7. The number of fused-ring (bicyclic) bond motifs is 1. The summed E-state index contributed by atoms with van der Waals surface area (Å²) in [6.45, 7) is 5.65. The fourth-order valence-corrected chi connectivity index (χ4v) is 3.79. The first kappa shape index (κ1) is 17.1. The van der Waals surface area contributed by atoms with Crippen LogP contribution in [0.3, 0.4) is 0 Å². The van der Waals surface area contributed by atoms with Crippen molar-refractivity contribution in [1.29, 1.82) is 0 Å². The minimum atomic E-state index is -0.0209. The second-order valence-corrected chi connectivity index (χ2v) is 7.04. The Kier molecular flexibility index (Phi) is 4.97. The average molecular weight is 359 g/mol. The number of nitrogens with zero attached hydrogens (tertiary/aromatic N) is 3. The van der Waals surface area contributed by atoms with Crippen LogP contribution in [-0.2, 0) is 4.79 Å². The van der Waals surface area contributed by atoms with Crippen LogP contribution in [0.1, 0.15) is 29.6 Å². The average Bonchev–Trinajstić information content (AvgIpc) is 3.36. The van der Waals surface area contributed by atoms with Gasteiger partial charge in [-0.3, -0.25) is 9.59 Å². The molecule has 7 nitrogen and oxygen atoms in total. The SMILES string of the molecule is O=C(CCN1CCCC1)N1CCN(C(=O)c2ccc3c(c2)OCO3)CC1. The van der Waals surface area contributed by atoms with Crippen molar-refractivity contribution in [2.45, 2.75) is 19.3 Å². The van der Waals surface area contributed by atoms with Gasteiger partial charge in [-0.1, -0.05) is 0 Å². The van der Waals surface area contributed by atoms with Gasteiger partial charge in [0.15, 0.2) is 11.5 Å². The van der Waals surface area contributed by atoms with Crippen LogP contribution in [0.25, 0.3) is 0 Å². The summed E-state index contributed by atoms with van der Waals surface area (Å²) in [6, 6.07) is 5.27. The number of hydrogen-bond donors (Lipinski definition) is 0. The van der Waals surface area contributed by atoms with E-state index in [0.717, 1.165) is 19.6 Å². The van der Waals surface area contributed by atoms with Gasteiger partial charge in [0.05, 0.1) is 0 Å². The van der Waals surface area contributed by atoms with Gasteiger partial charge in [0.1, 0.15) is 0 Å². The zero-order valence-corrected chi connectivity index (χ0v) is 15.0.